The van der Waals surface area contributed by atoms with Gasteiger partial charge in [-0.1, -0.05) is 0 Å². The number of carbonyl (C=O) groups is 1. The fourth-order valence-corrected chi connectivity index (χ4v) is 7.70. The second-order valence-corrected chi connectivity index (χ2v) is 14.7. The molecule has 3 saturated carbocycles. The summed E-state index contributed by atoms with van der Waals surface area (Å²) in [6.45, 7) is 5.55. The molecule has 6 fully saturated rings. The minimum absolute atomic E-state index is 0.0112. The number of esters is 1. The van der Waals surface area contributed by atoms with Crippen molar-refractivity contribution in [2.75, 3.05) is 39.6 Å². The quantitative estimate of drug-likeness (QED) is 0.237. The van der Waals surface area contributed by atoms with Crippen molar-refractivity contribution in [1.82, 2.24) is 0 Å². The van der Waals surface area contributed by atoms with Crippen LogP contribution in [0.1, 0.15) is 142 Å². The van der Waals surface area contributed by atoms with Gasteiger partial charge in [-0.2, -0.15) is 0 Å². The second kappa shape index (κ2) is 23.6. The van der Waals surface area contributed by atoms with Crippen molar-refractivity contribution >= 4 is 5.97 Å². The highest BCUT2D eigenvalue weighted by molar-refractivity contribution is 5.72. The van der Waals surface area contributed by atoms with Gasteiger partial charge < -0.3 is 43.4 Å². The van der Waals surface area contributed by atoms with Crippen LogP contribution in [-0.4, -0.2) is 93.0 Å². The Labute approximate surface area is 290 Å². The number of aliphatic hydroxyl groups excluding tert-OH is 2. The fraction of sp³-hybridized carbons (Fsp3) is 0.974. The molecule has 3 unspecified atom stereocenters. The maximum Gasteiger partial charge on any atom is 0.308 e. The highest BCUT2D eigenvalue weighted by atomic mass is 16.7. The van der Waals surface area contributed by atoms with Gasteiger partial charge in [0.15, 0.2) is 18.9 Å². The van der Waals surface area contributed by atoms with Gasteiger partial charge in [-0.15, -0.1) is 0 Å². The van der Waals surface area contributed by atoms with Gasteiger partial charge in [0.05, 0.1) is 30.8 Å². The molecule has 3 heterocycles. The highest BCUT2D eigenvalue weighted by Crippen LogP contribution is 2.31. The molecule has 0 spiro atoms. The molecular weight excluding hydrogens is 616 g/mol. The highest BCUT2D eigenvalue weighted by Gasteiger charge is 2.30. The molecule has 2 N–H and O–H groups in total. The first-order valence-electron chi connectivity index (χ1n) is 19.8. The number of rotatable bonds is 10. The van der Waals surface area contributed by atoms with Gasteiger partial charge in [-0.05, 0) is 154 Å². The SMILES string of the molecule is CCOC(=O)C1CCC(OC2CCCCO2)CC1.OCC1CCC(OC2CCCCO2)CC1.OCC1CCC(OC2CCCCO2)CC1. The zero-order valence-electron chi connectivity index (χ0n) is 29.9. The molecule has 6 rings (SSSR count). The Bertz CT molecular complexity index is 762. The Hall–Kier alpha value is -0.850. The Morgan fingerprint density at radius 2 is 0.875 bits per heavy atom. The molecule has 3 aliphatic heterocycles. The van der Waals surface area contributed by atoms with Crippen LogP contribution in [0.2, 0.25) is 0 Å². The predicted molar refractivity (Wildman–Crippen MR) is 182 cm³/mol. The molecule has 3 atom stereocenters. The van der Waals surface area contributed by atoms with Crippen LogP contribution in [0.4, 0.5) is 0 Å². The second-order valence-electron chi connectivity index (χ2n) is 14.7. The van der Waals surface area contributed by atoms with Crippen molar-refractivity contribution in [2.45, 2.75) is 179 Å². The number of aliphatic hydroxyl groups is 2. The van der Waals surface area contributed by atoms with Gasteiger partial charge in [0.25, 0.3) is 0 Å². The van der Waals surface area contributed by atoms with E-state index in [4.69, 9.17) is 43.4 Å². The molecule has 0 aromatic heterocycles. The lowest BCUT2D eigenvalue weighted by Crippen LogP contribution is -2.32. The van der Waals surface area contributed by atoms with E-state index in [1.807, 2.05) is 6.92 Å². The van der Waals surface area contributed by atoms with Crippen LogP contribution in [0.25, 0.3) is 0 Å². The first-order chi connectivity index (χ1) is 23.6. The molecular formula is C38H68O10. The third-order valence-electron chi connectivity index (χ3n) is 10.8. The first kappa shape index (κ1) is 39.9. The van der Waals surface area contributed by atoms with Gasteiger partial charge in [0.2, 0.25) is 0 Å². The summed E-state index contributed by atoms with van der Waals surface area (Å²) < 4.78 is 39.6. The largest absolute Gasteiger partial charge is 0.466 e. The lowest BCUT2D eigenvalue weighted by atomic mass is 9.87. The molecule has 280 valence electrons. The number of carbonyl (C=O) groups excluding carboxylic acids is 1. The summed E-state index contributed by atoms with van der Waals surface area (Å²) in [5.41, 5.74) is 0. The summed E-state index contributed by atoms with van der Waals surface area (Å²) in [6.07, 6.45) is 23.8. The van der Waals surface area contributed by atoms with E-state index in [1.165, 1.54) is 32.1 Å². The summed E-state index contributed by atoms with van der Waals surface area (Å²) in [7, 11) is 0. The third kappa shape index (κ3) is 15.2. The Morgan fingerprint density at radius 3 is 1.17 bits per heavy atom. The Morgan fingerprint density at radius 1 is 0.521 bits per heavy atom. The third-order valence-corrected chi connectivity index (χ3v) is 10.8. The molecule has 3 saturated heterocycles. The topological polar surface area (TPSA) is 122 Å². The van der Waals surface area contributed by atoms with E-state index in [0.717, 1.165) is 123 Å². The lowest BCUT2D eigenvalue weighted by Gasteiger charge is -2.32. The molecule has 10 heteroatoms. The van der Waals surface area contributed by atoms with Gasteiger partial charge in [-0.3, -0.25) is 4.79 Å². The normalized spacial score (nSPS) is 36.0. The van der Waals surface area contributed by atoms with Gasteiger partial charge in [0, 0.05) is 33.0 Å². The van der Waals surface area contributed by atoms with Crippen LogP contribution in [0.3, 0.4) is 0 Å². The monoisotopic (exact) mass is 684 g/mol. The van der Waals surface area contributed by atoms with E-state index in [2.05, 4.69) is 0 Å². The molecule has 0 bridgehead atoms. The van der Waals surface area contributed by atoms with Crippen molar-refractivity contribution < 1.29 is 48.2 Å². The van der Waals surface area contributed by atoms with E-state index in [0.29, 0.717) is 43.9 Å². The molecule has 3 aliphatic carbocycles. The molecule has 0 aromatic rings. The molecule has 0 radical (unpaired) electrons. The zero-order chi connectivity index (χ0) is 33.8. The summed E-state index contributed by atoms with van der Waals surface area (Å²) in [6, 6.07) is 0. The number of hydrogen-bond donors (Lipinski definition) is 2. The van der Waals surface area contributed by atoms with E-state index >= 15 is 0 Å². The van der Waals surface area contributed by atoms with Crippen molar-refractivity contribution in [1.29, 1.82) is 0 Å². The summed E-state index contributed by atoms with van der Waals surface area (Å²) >= 11 is 0. The summed E-state index contributed by atoms with van der Waals surface area (Å²) in [4.78, 5) is 11.6. The van der Waals surface area contributed by atoms with Crippen molar-refractivity contribution in [3.05, 3.63) is 0 Å². The van der Waals surface area contributed by atoms with E-state index in [9.17, 15) is 4.79 Å². The van der Waals surface area contributed by atoms with Crippen LogP contribution in [0.5, 0.6) is 0 Å². The maximum atomic E-state index is 11.6. The van der Waals surface area contributed by atoms with Crippen molar-refractivity contribution in [2.24, 2.45) is 17.8 Å². The van der Waals surface area contributed by atoms with Crippen LogP contribution in [0, 0.1) is 17.8 Å². The minimum Gasteiger partial charge on any atom is -0.466 e. The molecule has 6 aliphatic rings. The maximum absolute atomic E-state index is 11.6. The fourth-order valence-electron chi connectivity index (χ4n) is 7.70. The number of hydrogen-bond acceptors (Lipinski definition) is 10. The Kier molecular flexibility index (Phi) is 19.6. The van der Waals surface area contributed by atoms with E-state index in [-0.39, 0.29) is 36.9 Å². The van der Waals surface area contributed by atoms with Crippen LogP contribution in [0.15, 0.2) is 0 Å². The lowest BCUT2D eigenvalue weighted by molar-refractivity contribution is -0.195. The average Bonchev–Trinajstić information content (AvgIpc) is 3.14. The van der Waals surface area contributed by atoms with Gasteiger partial charge >= 0.3 is 5.97 Å². The van der Waals surface area contributed by atoms with Crippen molar-refractivity contribution in [3.63, 3.8) is 0 Å². The zero-order valence-corrected chi connectivity index (χ0v) is 29.9. The van der Waals surface area contributed by atoms with E-state index < -0.39 is 0 Å². The Balaban J connectivity index is 0.000000164. The summed E-state index contributed by atoms with van der Waals surface area (Å²) in [5, 5.41) is 18.1. The summed E-state index contributed by atoms with van der Waals surface area (Å²) in [5.74, 6) is 1.07. The van der Waals surface area contributed by atoms with Gasteiger partial charge in [-0.25, -0.2) is 0 Å². The first-order valence-corrected chi connectivity index (χ1v) is 19.8. The van der Waals surface area contributed by atoms with Crippen molar-refractivity contribution in [3.8, 4) is 0 Å². The molecule has 48 heavy (non-hydrogen) atoms. The molecule has 0 aromatic carbocycles. The van der Waals surface area contributed by atoms with Gasteiger partial charge in [0.1, 0.15) is 0 Å². The van der Waals surface area contributed by atoms with Crippen LogP contribution < -0.4 is 0 Å². The average molecular weight is 685 g/mol. The number of ether oxygens (including phenoxy) is 7. The molecule has 10 nitrogen and oxygen atoms in total. The van der Waals surface area contributed by atoms with Crippen LogP contribution >= 0.6 is 0 Å². The predicted octanol–water partition coefficient (Wildman–Crippen LogP) is 6.81. The minimum atomic E-state index is -0.0372. The van der Waals surface area contributed by atoms with Crippen LogP contribution in [-0.2, 0) is 38.0 Å². The standard InChI is InChI=1S/C14H24O4.2C12H22O3/c1-2-16-14(15)11-6-8-12(9-7-11)18-13-5-3-4-10-17-13;2*13-9-10-4-6-11(7-5-10)15-12-3-1-2-8-14-12/h11-13H,2-10H2,1H3;2*10-13H,1-9H2. The molecule has 0 amide bonds. The van der Waals surface area contributed by atoms with E-state index in [1.54, 1.807) is 0 Å². The smallest absolute Gasteiger partial charge is 0.308 e.